The first-order valence-electron chi connectivity index (χ1n) is 7.58. The van der Waals surface area contributed by atoms with Crippen molar-refractivity contribution in [2.24, 2.45) is 0 Å². The van der Waals surface area contributed by atoms with Gasteiger partial charge in [0.25, 0.3) is 0 Å². The molecule has 0 spiro atoms. The van der Waals surface area contributed by atoms with Crippen LogP contribution < -0.4 is 0 Å². The number of hydrogen-bond donors (Lipinski definition) is 1. The highest BCUT2D eigenvalue weighted by Crippen LogP contribution is 2.36. The first kappa shape index (κ1) is 17.3. The smallest absolute Gasteiger partial charge is 0.305 e. The number of nitrogens with zero attached hydrogens (tertiary/aromatic N) is 1. The molecule has 4 nitrogen and oxygen atoms in total. The van der Waals surface area contributed by atoms with Gasteiger partial charge in [-0.25, -0.2) is 0 Å². The molecule has 1 fully saturated rings. The third-order valence-electron chi connectivity index (χ3n) is 4.22. The van der Waals surface area contributed by atoms with Gasteiger partial charge in [0.1, 0.15) is 0 Å². The Hall–Kier alpha value is -0.710. The summed E-state index contributed by atoms with van der Waals surface area (Å²) in [6.07, 6.45) is 7.18. The number of carbonyl (C=O) groups is 2. The van der Waals surface area contributed by atoms with E-state index in [9.17, 15) is 9.59 Å². The minimum Gasteiger partial charge on any atom is -0.481 e. The molecule has 1 rings (SSSR count). The maximum atomic E-state index is 12.3. The summed E-state index contributed by atoms with van der Waals surface area (Å²) >= 11 is 1.66. The fourth-order valence-electron chi connectivity index (χ4n) is 2.89. The van der Waals surface area contributed by atoms with Crippen LogP contribution in [0.3, 0.4) is 0 Å². The molecular formula is C15H27NO3S. The Bertz CT molecular complexity index is 327. The highest BCUT2D eigenvalue weighted by molar-refractivity contribution is 7.99. The van der Waals surface area contributed by atoms with Crippen LogP contribution in [0.4, 0.5) is 0 Å². The zero-order valence-corrected chi connectivity index (χ0v) is 13.5. The molecule has 0 unspecified atom stereocenters. The van der Waals surface area contributed by atoms with Gasteiger partial charge in [0.05, 0.1) is 17.7 Å². The average molecular weight is 301 g/mol. The van der Waals surface area contributed by atoms with Crippen molar-refractivity contribution in [1.29, 1.82) is 0 Å². The van der Waals surface area contributed by atoms with E-state index in [4.69, 9.17) is 5.11 Å². The second-order valence-electron chi connectivity index (χ2n) is 5.71. The van der Waals surface area contributed by atoms with E-state index >= 15 is 0 Å². The van der Waals surface area contributed by atoms with Crippen molar-refractivity contribution in [3.63, 3.8) is 0 Å². The molecule has 1 N–H and O–H groups in total. The summed E-state index contributed by atoms with van der Waals surface area (Å²) in [7, 11) is 1.79. The standard InChI is InChI=1S/C15H27NO3S/c1-3-4-10-20-12-13(17)16(2)15(11-14(18)19)8-6-5-7-9-15/h3-12H2,1-2H3,(H,18,19). The van der Waals surface area contributed by atoms with Gasteiger partial charge in [0.2, 0.25) is 5.91 Å². The Morgan fingerprint density at radius 1 is 1.25 bits per heavy atom. The predicted molar refractivity (Wildman–Crippen MR) is 83.1 cm³/mol. The quantitative estimate of drug-likeness (QED) is 0.700. The number of amides is 1. The zero-order chi connectivity index (χ0) is 15.0. The van der Waals surface area contributed by atoms with Crippen LogP contribution in [-0.2, 0) is 9.59 Å². The average Bonchev–Trinajstić information content (AvgIpc) is 2.42. The fourth-order valence-corrected chi connectivity index (χ4v) is 3.89. The van der Waals surface area contributed by atoms with Gasteiger partial charge < -0.3 is 10.0 Å². The summed E-state index contributed by atoms with van der Waals surface area (Å²) < 4.78 is 0. The van der Waals surface area contributed by atoms with Crippen molar-refractivity contribution in [3.8, 4) is 0 Å². The van der Waals surface area contributed by atoms with Gasteiger partial charge in [-0.1, -0.05) is 32.6 Å². The highest BCUT2D eigenvalue weighted by Gasteiger charge is 2.40. The minimum atomic E-state index is -0.801. The van der Waals surface area contributed by atoms with E-state index in [1.54, 1.807) is 23.7 Å². The molecule has 0 aromatic carbocycles. The molecule has 0 saturated heterocycles. The number of carboxylic acid groups (broad SMARTS) is 1. The molecule has 1 amide bonds. The van der Waals surface area contributed by atoms with Crippen molar-refractivity contribution in [2.75, 3.05) is 18.6 Å². The van der Waals surface area contributed by atoms with Gasteiger partial charge in [-0.3, -0.25) is 9.59 Å². The van der Waals surface area contributed by atoms with Crippen LogP contribution in [0.1, 0.15) is 58.3 Å². The summed E-state index contributed by atoms with van der Waals surface area (Å²) in [6, 6.07) is 0. The fraction of sp³-hybridized carbons (Fsp3) is 0.867. The predicted octanol–water partition coefficient (Wildman–Crippen LogP) is 3.16. The van der Waals surface area contributed by atoms with Crippen molar-refractivity contribution >= 4 is 23.6 Å². The topological polar surface area (TPSA) is 57.6 Å². The lowest BCUT2D eigenvalue weighted by molar-refractivity contribution is -0.144. The monoisotopic (exact) mass is 301 g/mol. The normalized spacial score (nSPS) is 17.7. The number of carboxylic acids is 1. The molecule has 116 valence electrons. The number of hydrogen-bond acceptors (Lipinski definition) is 3. The maximum absolute atomic E-state index is 12.3. The highest BCUT2D eigenvalue weighted by atomic mass is 32.2. The van der Waals surface area contributed by atoms with Crippen molar-refractivity contribution in [2.45, 2.75) is 63.8 Å². The van der Waals surface area contributed by atoms with Gasteiger partial charge in [-0.2, -0.15) is 11.8 Å². The Morgan fingerprint density at radius 2 is 1.90 bits per heavy atom. The molecule has 5 heteroatoms. The largest absolute Gasteiger partial charge is 0.481 e. The Kier molecular flexibility index (Phi) is 7.41. The molecule has 0 aliphatic heterocycles. The van der Waals surface area contributed by atoms with E-state index < -0.39 is 11.5 Å². The minimum absolute atomic E-state index is 0.0780. The maximum Gasteiger partial charge on any atom is 0.305 e. The number of unbranched alkanes of at least 4 members (excludes halogenated alkanes) is 1. The molecular weight excluding hydrogens is 274 g/mol. The number of carbonyl (C=O) groups excluding carboxylic acids is 1. The summed E-state index contributed by atoms with van der Waals surface area (Å²) in [5, 5.41) is 9.16. The number of aliphatic carboxylic acids is 1. The molecule has 0 bridgehead atoms. The van der Waals surface area contributed by atoms with E-state index in [-0.39, 0.29) is 12.3 Å². The molecule has 1 saturated carbocycles. The van der Waals surface area contributed by atoms with E-state index in [0.29, 0.717) is 5.75 Å². The van der Waals surface area contributed by atoms with E-state index in [2.05, 4.69) is 6.92 Å². The van der Waals surface area contributed by atoms with Gasteiger partial charge in [0.15, 0.2) is 0 Å². The van der Waals surface area contributed by atoms with Crippen LogP contribution in [-0.4, -0.2) is 46.0 Å². The van der Waals surface area contributed by atoms with Gasteiger partial charge in [-0.05, 0) is 25.0 Å². The van der Waals surface area contributed by atoms with Crippen molar-refractivity contribution in [3.05, 3.63) is 0 Å². The zero-order valence-electron chi connectivity index (χ0n) is 12.7. The summed E-state index contributed by atoms with van der Waals surface area (Å²) in [4.78, 5) is 25.2. The third-order valence-corrected chi connectivity index (χ3v) is 5.25. The summed E-state index contributed by atoms with van der Waals surface area (Å²) in [5.41, 5.74) is -0.452. The first-order chi connectivity index (χ1) is 9.52. The van der Waals surface area contributed by atoms with Gasteiger partial charge in [-0.15, -0.1) is 0 Å². The summed E-state index contributed by atoms with van der Waals surface area (Å²) in [5.74, 6) is 0.749. The Labute approximate surface area is 126 Å². The van der Waals surface area contributed by atoms with Crippen molar-refractivity contribution in [1.82, 2.24) is 4.90 Å². The number of rotatable bonds is 8. The molecule has 1 aliphatic rings. The molecule has 0 radical (unpaired) electrons. The van der Waals surface area contributed by atoms with Crippen LogP contribution in [0.25, 0.3) is 0 Å². The molecule has 0 aromatic rings. The lowest BCUT2D eigenvalue weighted by Gasteiger charge is -2.44. The van der Waals surface area contributed by atoms with Crippen LogP contribution in [0.2, 0.25) is 0 Å². The lowest BCUT2D eigenvalue weighted by atomic mass is 9.78. The first-order valence-corrected chi connectivity index (χ1v) is 8.73. The Morgan fingerprint density at radius 3 is 2.45 bits per heavy atom. The van der Waals surface area contributed by atoms with E-state index in [0.717, 1.165) is 50.7 Å². The van der Waals surface area contributed by atoms with Gasteiger partial charge in [0, 0.05) is 7.05 Å². The second kappa shape index (κ2) is 8.55. The van der Waals surface area contributed by atoms with E-state index in [1.165, 1.54) is 0 Å². The lowest BCUT2D eigenvalue weighted by Crippen LogP contribution is -2.52. The number of thioether (sulfide) groups is 1. The summed E-state index contributed by atoms with van der Waals surface area (Å²) in [6.45, 7) is 2.14. The molecule has 0 heterocycles. The van der Waals surface area contributed by atoms with E-state index in [1.807, 2.05) is 0 Å². The second-order valence-corrected chi connectivity index (χ2v) is 6.82. The van der Waals surface area contributed by atoms with Crippen molar-refractivity contribution < 1.29 is 14.7 Å². The SMILES string of the molecule is CCCCSCC(=O)N(C)C1(CC(=O)O)CCCCC1. The molecule has 0 aromatic heterocycles. The van der Waals surface area contributed by atoms with Crippen LogP contribution >= 0.6 is 11.8 Å². The van der Waals surface area contributed by atoms with Gasteiger partial charge >= 0.3 is 5.97 Å². The van der Waals surface area contributed by atoms with Crippen LogP contribution in [0, 0.1) is 0 Å². The molecule has 1 aliphatic carbocycles. The molecule has 0 atom stereocenters. The van der Waals surface area contributed by atoms with Crippen LogP contribution in [0.15, 0.2) is 0 Å². The van der Waals surface area contributed by atoms with Crippen LogP contribution in [0.5, 0.6) is 0 Å². The third kappa shape index (κ3) is 5.00. The molecule has 20 heavy (non-hydrogen) atoms. The Balaban J connectivity index is 2.60.